The van der Waals surface area contributed by atoms with Crippen molar-refractivity contribution in [2.45, 2.75) is 6.54 Å². The third-order valence-corrected chi connectivity index (χ3v) is 3.64. The van der Waals surface area contributed by atoms with Crippen molar-refractivity contribution in [3.63, 3.8) is 0 Å². The molecule has 0 saturated carbocycles. The van der Waals surface area contributed by atoms with Gasteiger partial charge in [0, 0.05) is 12.7 Å². The third kappa shape index (κ3) is 3.60. The third-order valence-electron chi connectivity index (χ3n) is 3.64. The van der Waals surface area contributed by atoms with Gasteiger partial charge in [-0.2, -0.15) is 5.10 Å². The van der Waals surface area contributed by atoms with Crippen molar-refractivity contribution in [3.05, 3.63) is 78.3 Å². The molecule has 122 valence electrons. The zero-order valence-corrected chi connectivity index (χ0v) is 12.9. The van der Waals surface area contributed by atoms with Crippen LogP contribution >= 0.6 is 0 Å². The Bertz CT molecular complexity index is 771. The van der Waals surface area contributed by atoms with Gasteiger partial charge in [-0.3, -0.25) is 4.79 Å². The molecular formula is C18H17FN4O. The molecule has 5 nitrogen and oxygen atoms in total. The molecule has 1 atom stereocenters. The van der Waals surface area contributed by atoms with Crippen molar-refractivity contribution >= 4 is 17.4 Å². The molecular weight excluding hydrogens is 307 g/mol. The smallest absolute Gasteiger partial charge is 0.234 e. The van der Waals surface area contributed by atoms with Crippen molar-refractivity contribution in [2.24, 2.45) is 16.8 Å². The Morgan fingerprint density at radius 2 is 1.88 bits per heavy atom. The second kappa shape index (κ2) is 6.95. The van der Waals surface area contributed by atoms with Gasteiger partial charge in [-0.25, -0.2) is 9.40 Å². The van der Waals surface area contributed by atoms with E-state index >= 15 is 0 Å². The fraction of sp³-hybridized carbons (Fsp3) is 0.111. The van der Waals surface area contributed by atoms with Crippen molar-refractivity contribution in [1.82, 2.24) is 5.32 Å². The number of hydrogen-bond donors (Lipinski definition) is 2. The van der Waals surface area contributed by atoms with Crippen molar-refractivity contribution in [1.29, 1.82) is 0 Å². The van der Waals surface area contributed by atoms with Crippen molar-refractivity contribution < 1.29 is 9.18 Å². The predicted molar refractivity (Wildman–Crippen MR) is 91.4 cm³/mol. The largest absolute Gasteiger partial charge is 0.385 e. The average molecular weight is 324 g/mol. The summed E-state index contributed by atoms with van der Waals surface area (Å²) in [5.41, 5.74) is 7.62. The lowest BCUT2D eigenvalue weighted by molar-refractivity contribution is -0.122. The first-order valence-corrected chi connectivity index (χ1v) is 7.52. The number of rotatable bonds is 4. The number of benzene rings is 2. The Kier molecular flexibility index (Phi) is 4.56. The molecule has 3 rings (SSSR count). The molecule has 1 unspecified atom stereocenters. The SMILES string of the molecule is NC1=NN(c2ccccc2)C=CC1C(=O)NCc1ccc(F)cc1. The molecule has 0 radical (unpaired) electrons. The molecule has 2 aromatic carbocycles. The molecule has 2 aromatic rings. The van der Waals surface area contributed by atoms with Crippen molar-refractivity contribution in [2.75, 3.05) is 5.01 Å². The van der Waals surface area contributed by atoms with Crippen LogP contribution in [0.2, 0.25) is 0 Å². The highest BCUT2D eigenvalue weighted by Crippen LogP contribution is 2.19. The summed E-state index contributed by atoms with van der Waals surface area (Å²) in [7, 11) is 0. The van der Waals surface area contributed by atoms with Crippen LogP contribution in [0.25, 0.3) is 0 Å². The zero-order valence-electron chi connectivity index (χ0n) is 12.9. The highest BCUT2D eigenvalue weighted by molar-refractivity contribution is 6.05. The summed E-state index contributed by atoms with van der Waals surface area (Å²) >= 11 is 0. The first kappa shape index (κ1) is 15.7. The van der Waals surface area contributed by atoms with E-state index in [2.05, 4.69) is 10.4 Å². The van der Waals surface area contributed by atoms with Gasteiger partial charge in [0.2, 0.25) is 5.91 Å². The summed E-state index contributed by atoms with van der Waals surface area (Å²) in [6.07, 6.45) is 3.42. The van der Waals surface area contributed by atoms with Gasteiger partial charge in [-0.05, 0) is 35.9 Å². The maximum absolute atomic E-state index is 12.9. The molecule has 6 heteroatoms. The maximum atomic E-state index is 12.9. The van der Waals surface area contributed by atoms with E-state index < -0.39 is 5.92 Å². The molecule has 0 bridgehead atoms. The first-order chi connectivity index (χ1) is 11.6. The van der Waals surface area contributed by atoms with Crippen LogP contribution in [0.4, 0.5) is 10.1 Å². The topological polar surface area (TPSA) is 70.7 Å². The minimum absolute atomic E-state index is 0.220. The standard InChI is InChI=1S/C18H17FN4O/c19-14-8-6-13(7-9-14)12-21-18(24)16-10-11-23(22-17(16)20)15-4-2-1-3-5-15/h1-11,16H,12H2,(H2,20,22)(H,21,24). The van der Waals surface area contributed by atoms with Gasteiger partial charge in [-0.1, -0.05) is 30.3 Å². The number of hydrogen-bond acceptors (Lipinski definition) is 4. The number of anilines is 1. The molecule has 0 fully saturated rings. The van der Waals surface area contributed by atoms with Crippen molar-refractivity contribution in [3.8, 4) is 0 Å². The second-order valence-corrected chi connectivity index (χ2v) is 5.37. The fourth-order valence-corrected chi connectivity index (χ4v) is 2.33. The summed E-state index contributed by atoms with van der Waals surface area (Å²) in [6, 6.07) is 15.5. The van der Waals surface area contributed by atoms with Gasteiger partial charge in [0.25, 0.3) is 0 Å². The summed E-state index contributed by atoms with van der Waals surface area (Å²) in [4.78, 5) is 12.3. The Morgan fingerprint density at radius 3 is 2.54 bits per heavy atom. The van der Waals surface area contributed by atoms with E-state index in [-0.39, 0.29) is 17.6 Å². The van der Waals surface area contributed by atoms with E-state index in [0.29, 0.717) is 6.54 Å². The molecule has 0 aliphatic carbocycles. The highest BCUT2D eigenvalue weighted by Gasteiger charge is 2.23. The number of nitrogens with zero attached hydrogens (tertiary/aromatic N) is 2. The average Bonchev–Trinajstić information content (AvgIpc) is 2.61. The predicted octanol–water partition coefficient (Wildman–Crippen LogP) is 2.36. The van der Waals surface area contributed by atoms with Gasteiger partial charge in [0.05, 0.1) is 5.69 Å². The van der Waals surface area contributed by atoms with Crippen LogP contribution in [0.5, 0.6) is 0 Å². The minimum Gasteiger partial charge on any atom is -0.385 e. The van der Waals surface area contributed by atoms with E-state index in [1.54, 1.807) is 29.4 Å². The molecule has 1 aliphatic heterocycles. The Balaban J connectivity index is 1.62. The van der Waals surface area contributed by atoms with Crippen LogP contribution in [0.3, 0.4) is 0 Å². The molecule has 24 heavy (non-hydrogen) atoms. The number of carbonyl (C=O) groups is 1. The fourth-order valence-electron chi connectivity index (χ4n) is 2.33. The molecule has 0 spiro atoms. The van der Waals surface area contributed by atoms with E-state index in [4.69, 9.17) is 5.73 Å². The van der Waals surface area contributed by atoms with Crippen LogP contribution in [0, 0.1) is 11.7 Å². The van der Waals surface area contributed by atoms with Gasteiger partial charge < -0.3 is 11.1 Å². The number of nitrogens with one attached hydrogen (secondary N) is 1. The quantitative estimate of drug-likeness (QED) is 0.907. The zero-order chi connectivity index (χ0) is 16.9. The van der Waals surface area contributed by atoms with E-state index in [1.807, 2.05) is 30.3 Å². The molecule has 3 N–H and O–H groups in total. The van der Waals surface area contributed by atoms with Crippen LogP contribution < -0.4 is 16.1 Å². The van der Waals surface area contributed by atoms with Crippen LogP contribution in [-0.4, -0.2) is 11.7 Å². The van der Waals surface area contributed by atoms with Crippen LogP contribution in [0.15, 0.2) is 72.0 Å². The van der Waals surface area contributed by atoms with Gasteiger partial charge in [0.15, 0.2) is 0 Å². The van der Waals surface area contributed by atoms with Gasteiger partial charge in [0.1, 0.15) is 17.6 Å². The van der Waals surface area contributed by atoms with Crippen LogP contribution in [-0.2, 0) is 11.3 Å². The summed E-state index contributed by atoms with van der Waals surface area (Å²) in [6.45, 7) is 0.305. The molecule has 0 aromatic heterocycles. The lowest BCUT2D eigenvalue weighted by atomic mass is 10.1. The van der Waals surface area contributed by atoms with E-state index in [1.165, 1.54) is 12.1 Å². The summed E-state index contributed by atoms with van der Waals surface area (Å²) in [5.74, 6) is -0.953. The number of para-hydroxylation sites is 1. The lowest BCUT2D eigenvalue weighted by Crippen LogP contribution is -2.40. The number of amidine groups is 1. The second-order valence-electron chi connectivity index (χ2n) is 5.37. The van der Waals surface area contributed by atoms with E-state index in [0.717, 1.165) is 11.3 Å². The number of amides is 1. The van der Waals surface area contributed by atoms with Crippen LogP contribution in [0.1, 0.15) is 5.56 Å². The first-order valence-electron chi connectivity index (χ1n) is 7.52. The number of halogens is 1. The van der Waals surface area contributed by atoms with Gasteiger partial charge >= 0.3 is 0 Å². The number of hydrazone groups is 1. The number of carbonyl (C=O) groups excluding carboxylic acids is 1. The normalized spacial score (nSPS) is 16.6. The Labute approximate surface area is 139 Å². The van der Waals surface area contributed by atoms with Gasteiger partial charge in [-0.15, -0.1) is 0 Å². The number of nitrogens with two attached hydrogens (primary N) is 1. The lowest BCUT2D eigenvalue weighted by Gasteiger charge is -2.23. The summed E-state index contributed by atoms with van der Waals surface area (Å²) < 4.78 is 12.9. The monoisotopic (exact) mass is 324 g/mol. The Morgan fingerprint density at radius 1 is 1.17 bits per heavy atom. The van der Waals surface area contributed by atoms with E-state index in [9.17, 15) is 9.18 Å². The molecule has 1 amide bonds. The molecule has 1 heterocycles. The molecule has 1 aliphatic rings. The maximum Gasteiger partial charge on any atom is 0.234 e. The highest BCUT2D eigenvalue weighted by atomic mass is 19.1. The minimum atomic E-state index is -0.620. The summed E-state index contributed by atoms with van der Waals surface area (Å²) in [5, 5.41) is 8.66. The molecule has 0 saturated heterocycles. The Hall–Kier alpha value is -3.15.